The second-order valence-electron chi connectivity index (χ2n) is 7.27. The summed E-state index contributed by atoms with van der Waals surface area (Å²) >= 11 is 3.13. The largest absolute Gasteiger partial charge is 0.478 e. The van der Waals surface area contributed by atoms with Gasteiger partial charge >= 0.3 is 12.0 Å². The van der Waals surface area contributed by atoms with Crippen molar-refractivity contribution in [2.75, 3.05) is 5.32 Å². The van der Waals surface area contributed by atoms with Gasteiger partial charge in [0.05, 0.1) is 11.3 Å². The van der Waals surface area contributed by atoms with Gasteiger partial charge in [-0.25, -0.2) is 14.0 Å². The van der Waals surface area contributed by atoms with E-state index in [2.05, 4.69) is 32.0 Å². The molecule has 2 aromatic carbocycles. The lowest BCUT2D eigenvalue weighted by Crippen LogP contribution is -2.53. The second kappa shape index (κ2) is 9.63. The minimum Gasteiger partial charge on any atom is -0.478 e. The fraction of sp³-hybridized carbons (Fsp3) is 0.286. The van der Waals surface area contributed by atoms with E-state index in [1.807, 2.05) is 0 Å². The van der Waals surface area contributed by atoms with Crippen LogP contribution in [0.2, 0.25) is 0 Å². The highest BCUT2D eigenvalue weighted by atomic mass is 79.9. The average molecular weight is 509 g/mol. The van der Waals surface area contributed by atoms with Crippen molar-refractivity contribution in [2.45, 2.75) is 38.1 Å². The van der Waals surface area contributed by atoms with E-state index >= 15 is 0 Å². The van der Waals surface area contributed by atoms with Gasteiger partial charge in [-0.15, -0.1) is 0 Å². The van der Waals surface area contributed by atoms with Gasteiger partial charge < -0.3 is 20.8 Å². The number of aliphatic hydroxyl groups is 1. The summed E-state index contributed by atoms with van der Waals surface area (Å²) in [6, 6.07) is 9.80. The molecule has 2 atom stereocenters. The molecule has 0 bridgehead atoms. The Morgan fingerprint density at radius 1 is 1.28 bits per heavy atom. The van der Waals surface area contributed by atoms with Gasteiger partial charge in [-0.1, -0.05) is 41.1 Å². The molecule has 1 heterocycles. The van der Waals surface area contributed by atoms with Gasteiger partial charge in [-0.3, -0.25) is 4.79 Å². The Hall–Kier alpha value is -3.02. The summed E-state index contributed by atoms with van der Waals surface area (Å²) < 4.78 is 14.5. The van der Waals surface area contributed by atoms with E-state index in [1.165, 1.54) is 18.2 Å². The van der Waals surface area contributed by atoms with Gasteiger partial charge in [-0.05, 0) is 49.1 Å². The highest BCUT2D eigenvalue weighted by Gasteiger charge is 2.50. The summed E-state index contributed by atoms with van der Waals surface area (Å²) in [5.74, 6) is -2.35. The van der Waals surface area contributed by atoms with Crippen LogP contribution in [-0.2, 0) is 11.2 Å². The van der Waals surface area contributed by atoms with Crippen molar-refractivity contribution in [3.05, 3.63) is 63.9 Å². The number of halogens is 2. The molecular weight excluding hydrogens is 487 g/mol. The number of carbonyl (C=O) groups excluding carboxylic acids is 2. The van der Waals surface area contributed by atoms with Crippen molar-refractivity contribution < 1.29 is 29.0 Å². The van der Waals surface area contributed by atoms with E-state index in [1.54, 1.807) is 31.2 Å². The van der Waals surface area contributed by atoms with Gasteiger partial charge in [0.15, 0.2) is 6.35 Å². The number of nitrogens with zero attached hydrogens (tertiary/aromatic N) is 1. The number of carboxylic acids is 1. The fourth-order valence-electron chi connectivity index (χ4n) is 3.53. The van der Waals surface area contributed by atoms with Crippen LogP contribution < -0.4 is 16.1 Å². The van der Waals surface area contributed by atoms with E-state index < -0.39 is 35.6 Å². The van der Waals surface area contributed by atoms with Crippen LogP contribution in [0.1, 0.15) is 35.7 Å². The molecule has 3 rings (SSSR count). The Morgan fingerprint density at radius 2 is 2.00 bits per heavy atom. The summed E-state index contributed by atoms with van der Waals surface area (Å²) in [5, 5.41) is 25.3. The Balaban J connectivity index is 1.70. The molecule has 1 aliphatic heterocycles. The number of carbonyl (C=O) groups is 3. The third kappa shape index (κ3) is 4.90. The first kappa shape index (κ1) is 23.6. The Kier molecular flexibility index (Phi) is 7.12. The van der Waals surface area contributed by atoms with E-state index in [9.17, 15) is 29.0 Å². The molecule has 1 fully saturated rings. The molecule has 2 aromatic rings. The van der Waals surface area contributed by atoms with Crippen molar-refractivity contribution in [2.24, 2.45) is 0 Å². The predicted octanol–water partition coefficient (Wildman–Crippen LogP) is 2.81. The molecule has 0 spiro atoms. The van der Waals surface area contributed by atoms with Crippen molar-refractivity contribution in [1.82, 2.24) is 15.8 Å². The Bertz CT molecular complexity index is 1050. The fourth-order valence-corrected chi connectivity index (χ4v) is 3.86. The molecule has 170 valence electrons. The number of carboxylic acid groups (broad SMARTS) is 1. The molecule has 11 heteroatoms. The number of imide groups is 1. The number of aromatic carboxylic acids is 1. The topological polar surface area (TPSA) is 131 Å². The smallest absolute Gasteiger partial charge is 0.339 e. The van der Waals surface area contributed by atoms with Crippen molar-refractivity contribution in [3.8, 4) is 0 Å². The molecular formula is C21H22BrFN4O5. The number of rotatable bonds is 9. The van der Waals surface area contributed by atoms with Crippen LogP contribution in [0.3, 0.4) is 0 Å². The number of benzene rings is 2. The van der Waals surface area contributed by atoms with Gasteiger partial charge in [0, 0.05) is 4.47 Å². The number of hydrogen-bond donors (Lipinski definition) is 5. The molecule has 9 nitrogen and oxygen atoms in total. The van der Waals surface area contributed by atoms with Gasteiger partial charge in [-0.2, -0.15) is 10.4 Å². The lowest BCUT2D eigenvalue weighted by atomic mass is 9.87. The van der Waals surface area contributed by atoms with Gasteiger partial charge in [0.1, 0.15) is 11.4 Å². The highest BCUT2D eigenvalue weighted by molar-refractivity contribution is 9.10. The van der Waals surface area contributed by atoms with E-state index in [0.717, 1.165) is 0 Å². The monoisotopic (exact) mass is 508 g/mol. The van der Waals surface area contributed by atoms with Gasteiger partial charge in [0.25, 0.3) is 5.91 Å². The lowest BCUT2D eigenvalue weighted by molar-refractivity contribution is -0.135. The third-order valence-electron chi connectivity index (χ3n) is 5.31. The Labute approximate surface area is 191 Å². The first-order valence-corrected chi connectivity index (χ1v) is 10.6. The molecule has 32 heavy (non-hydrogen) atoms. The molecule has 5 N–H and O–H groups in total. The van der Waals surface area contributed by atoms with Crippen LogP contribution in [0, 0.1) is 5.82 Å². The minimum absolute atomic E-state index is 0.0349. The molecule has 3 amide bonds. The SMILES string of the molecule is CCC1(CCc2ccccc2C(=O)O)NC(=O)N(NC(O)Nc2ccc(Br)cc2F)C1=O. The van der Waals surface area contributed by atoms with Gasteiger partial charge in [0.2, 0.25) is 0 Å². The maximum Gasteiger partial charge on any atom is 0.339 e. The number of hydrogen-bond acceptors (Lipinski definition) is 6. The molecule has 0 aliphatic carbocycles. The van der Waals surface area contributed by atoms with E-state index in [-0.39, 0.29) is 30.5 Å². The zero-order chi connectivity index (χ0) is 23.5. The average Bonchev–Trinajstić information content (AvgIpc) is 2.99. The van der Waals surface area contributed by atoms with Crippen LogP contribution in [-0.4, -0.2) is 45.0 Å². The van der Waals surface area contributed by atoms with Crippen LogP contribution in [0.4, 0.5) is 14.9 Å². The zero-order valence-electron chi connectivity index (χ0n) is 17.1. The maximum atomic E-state index is 14.0. The first-order chi connectivity index (χ1) is 15.2. The summed E-state index contributed by atoms with van der Waals surface area (Å²) in [6.45, 7) is 1.72. The van der Waals surface area contributed by atoms with Crippen molar-refractivity contribution in [1.29, 1.82) is 0 Å². The lowest BCUT2D eigenvalue weighted by Gasteiger charge is -2.26. The molecule has 1 saturated heterocycles. The van der Waals surface area contributed by atoms with Crippen molar-refractivity contribution in [3.63, 3.8) is 0 Å². The summed E-state index contributed by atoms with van der Waals surface area (Å²) in [4.78, 5) is 36.9. The minimum atomic E-state index is -1.64. The number of nitrogens with one attached hydrogen (secondary N) is 3. The summed E-state index contributed by atoms with van der Waals surface area (Å²) in [6.07, 6.45) is -1.00. The molecule has 0 saturated carbocycles. The predicted molar refractivity (Wildman–Crippen MR) is 117 cm³/mol. The number of anilines is 1. The van der Waals surface area contributed by atoms with E-state index in [4.69, 9.17) is 0 Å². The third-order valence-corrected chi connectivity index (χ3v) is 5.80. The van der Waals surface area contributed by atoms with Crippen molar-refractivity contribution >= 4 is 39.5 Å². The van der Waals surface area contributed by atoms with Crippen LogP contribution in [0.15, 0.2) is 46.9 Å². The number of aryl methyl sites for hydroxylation is 1. The van der Waals surface area contributed by atoms with Crippen LogP contribution in [0.25, 0.3) is 0 Å². The molecule has 0 radical (unpaired) electrons. The number of aliphatic hydroxyl groups excluding tert-OH is 1. The number of urea groups is 1. The number of hydrazine groups is 1. The quantitative estimate of drug-likeness (QED) is 0.260. The zero-order valence-corrected chi connectivity index (χ0v) is 18.6. The Morgan fingerprint density at radius 3 is 2.66 bits per heavy atom. The standard InChI is InChI=1S/C21H22BrFN4O5/c1-2-21(10-9-12-5-3-4-6-14(12)17(28)29)18(30)27(20(32)25-21)26-19(31)24-16-8-7-13(22)11-15(16)23/h3-8,11,19,24,26,31H,2,9-10H2,1H3,(H,25,32)(H,28,29). The summed E-state index contributed by atoms with van der Waals surface area (Å²) in [7, 11) is 0. The normalized spacial score (nSPS) is 19.1. The van der Waals surface area contributed by atoms with Crippen LogP contribution >= 0.6 is 15.9 Å². The molecule has 1 aliphatic rings. The van der Waals surface area contributed by atoms with E-state index in [0.29, 0.717) is 15.0 Å². The summed E-state index contributed by atoms with van der Waals surface area (Å²) in [5.41, 5.74) is 1.68. The number of amides is 3. The molecule has 2 unspecified atom stereocenters. The van der Waals surface area contributed by atoms with Crippen LogP contribution in [0.5, 0.6) is 0 Å². The maximum absolute atomic E-state index is 14.0. The second-order valence-corrected chi connectivity index (χ2v) is 8.18. The highest BCUT2D eigenvalue weighted by Crippen LogP contribution is 2.27. The first-order valence-electron chi connectivity index (χ1n) is 9.80. The molecule has 0 aromatic heterocycles.